The third-order valence-electron chi connectivity index (χ3n) is 3.23. The molecule has 0 bridgehead atoms. The number of alkyl halides is 3. The molecule has 1 heterocycles. The van der Waals surface area contributed by atoms with E-state index >= 15 is 0 Å². The topological polar surface area (TPSA) is 32.3 Å². The Morgan fingerprint density at radius 3 is 2.55 bits per heavy atom. The molecular formula is C13H23F3N2OS. The van der Waals surface area contributed by atoms with Crippen LogP contribution in [0.2, 0.25) is 0 Å². The van der Waals surface area contributed by atoms with Crippen molar-refractivity contribution < 1.29 is 18.0 Å². The molecule has 0 unspecified atom stereocenters. The summed E-state index contributed by atoms with van der Waals surface area (Å²) < 4.78 is 37.4. The number of nitrogens with zero attached hydrogens (tertiary/aromatic N) is 1. The first-order chi connectivity index (χ1) is 9.42. The molecule has 0 aromatic rings. The number of unbranched alkanes of at least 4 members (excludes halogenated alkanes) is 1. The predicted molar refractivity (Wildman–Crippen MR) is 75.9 cm³/mol. The molecule has 0 spiro atoms. The number of thioether (sulfide) groups is 1. The van der Waals surface area contributed by atoms with E-state index in [0.29, 0.717) is 11.7 Å². The Kier molecular flexibility index (Phi) is 7.72. The molecule has 1 aliphatic heterocycles. The van der Waals surface area contributed by atoms with E-state index in [2.05, 4.69) is 5.32 Å². The largest absolute Gasteiger partial charge is 0.406 e. The van der Waals surface area contributed by atoms with Crippen LogP contribution in [0.5, 0.6) is 0 Å². The molecule has 0 aromatic carbocycles. The number of nitrogens with one attached hydrogen (secondary N) is 1. The van der Waals surface area contributed by atoms with Gasteiger partial charge >= 0.3 is 6.18 Å². The van der Waals surface area contributed by atoms with Crippen molar-refractivity contribution >= 4 is 17.7 Å². The minimum absolute atomic E-state index is 0.157. The molecule has 3 nitrogen and oxygen atoms in total. The Morgan fingerprint density at radius 1 is 1.35 bits per heavy atom. The fourth-order valence-electron chi connectivity index (χ4n) is 2.10. The molecular weight excluding hydrogens is 289 g/mol. The summed E-state index contributed by atoms with van der Waals surface area (Å²) in [7, 11) is 0. The van der Waals surface area contributed by atoms with Crippen molar-refractivity contribution in [3.63, 3.8) is 0 Å². The number of halogens is 3. The van der Waals surface area contributed by atoms with Gasteiger partial charge in [0.1, 0.15) is 6.54 Å². The van der Waals surface area contributed by atoms with Crippen LogP contribution in [0.4, 0.5) is 13.2 Å². The van der Waals surface area contributed by atoms with Crippen LogP contribution in [0.1, 0.15) is 32.6 Å². The Hall–Kier alpha value is -0.430. The Bertz CT molecular complexity index is 294. The summed E-state index contributed by atoms with van der Waals surface area (Å²) in [6.45, 7) is 2.82. The lowest BCUT2D eigenvalue weighted by molar-refractivity contribution is -0.159. The second-order valence-electron chi connectivity index (χ2n) is 5.04. The zero-order valence-electron chi connectivity index (χ0n) is 11.8. The highest BCUT2D eigenvalue weighted by Crippen LogP contribution is 2.22. The zero-order valence-corrected chi connectivity index (χ0v) is 12.7. The van der Waals surface area contributed by atoms with Gasteiger partial charge in [0, 0.05) is 11.8 Å². The maximum absolute atomic E-state index is 12.5. The van der Waals surface area contributed by atoms with Gasteiger partial charge in [-0.1, -0.05) is 13.3 Å². The average molecular weight is 312 g/mol. The lowest BCUT2D eigenvalue weighted by Crippen LogP contribution is -2.41. The minimum atomic E-state index is -4.32. The van der Waals surface area contributed by atoms with Crippen molar-refractivity contribution in [1.29, 1.82) is 0 Å². The lowest BCUT2D eigenvalue weighted by Gasteiger charge is -2.26. The highest BCUT2D eigenvalue weighted by molar-refractivity contribution is 8.00. The van der Waals surface area contributed by atoms with Crippen LogP contribution in [-0.4, -0.2) is 54.2 Å². The van der Waals surface area contributed by atoms with E-state index < -0.39 is 12.7 Å². The summed E-state index contributed by atoms with van der Waals surface area (Å²) in [5.41, 5.74) is 0. The molecule has 0 saturated carbocycles. The third kappa shape index (κ3) is 7.38. The number of amides is 1. The number of piperidine rings is 1. The first kappa shape index (κ1) is 17.6. The number of hydrogen-bond acceptors (Lipinski definition) is 3. The van der Waals surface area contributed by atoms with E-state index in [1.807, 2.05) is 6.92 Å². The van der Waals surface area contributed by atoms with Crippen LogP contribution < -0.4 is 5.32 Å². The van der Waals surface area contributed by atoms with Crippen molar-refractivity contribution in [3.8, 4) is 0 Å². The quantitative estimate of drug-likeness (QED) is 0.784. The molecule has 0 radical (unpaired) electrons. The predicted octanol–water partition coefficient (Wildman–Crippen LogP) is 2.66. The first-order valence-corrected chi connectivity index (χ1v) is 8.14. The molecule has 1 amide bonds. The van der Waals surface area contributed by atoms with Crippen LogP contribution in [0, 0.1) is 0 Å². The van der Waals surface area contributed by atoms with Crippen molar-refractivity contribution in [3.05, 3.63) is 0 Å². The lowest BCUT2D eigenvalue weighted by atomic mass is 10.2. The molecule has 1 saturated heterocycles. The molecule has 1 N–H and O–H groups in total. The summed E-state index contributed by atoms with van der Waals surface area (Å²) in [6, 6.07) is 0. The number of hydrogen-bond donors (Lipinski definition) is 1. The van der Waals surface area contributed by atoms with Gasteiger partial charge < -0.3 is 10.2 Å². The molecule has 7 heteroatoms. The van der Waals surface area contributed by atoms with E-state index in [9.17, 15) is 18.0 Å². The van der Waals surface area contributed by atoms with Crippen LogP contribution in [0.15, 0.2) is 0 Å². The second-order valence-corrected chi connectivity index (χ2v) is 6.33. The van der Waals surface area contributed by atoms with Crippen LogP contribution in [0.25, 0.3) is 0 Å². The van der Waals surface area contributed by atoms with Crippen LogP contribution >= 0.6 is 11.8 Å². The number of carbonyl (C=O) groups is 1. The Morgan fingerprint density at radius 2 is 2.00 bits per heavy atom. The summed E-state index contributed by atoms with van der Waals surface area (Å²) >= 11 is 1.49. The number of rotatable bonds is 7. The molecule has 1 rings (SSSR count). The van der Waals surface area contributed by atoms with E-state index in [-0.39, 0.29) is 18.2 Å². The van der Waals surface area contributed by atoms with E-state index in [1.54, 1.807) is 0 Å². The molecule has 0 aliphatic carbocycles. The maximum atomic E-state index is 12.5. The van der Waals surface area contributed by atoms with Gasteiger partial charge in [-0.15, -0.1) is 11.8 Å². The summed E-state index contributed by atoms with van der Waals surface area (Å²) in [5, 5.41) is 3.61. The molecule has 118 valence electrons. The molecule has 0 atom stereocenters. The smallest absolute Gasteiger partial charge is 0.333 e. The van der Waals surface area contributed by atoms with Crippen molar-refractivity contribution in [2.24, 2.45) is 0 Å². The van der Waals surface area contributed by atoms with E-state index in [0.717, 1.165) is 37.3 Å². The average Bonchev–Trinajstić information content (AvgIpc) is 2.40. The highest BCUT2D eigenvalue weighted by atomic mass is 32.2. The summed E-state index contributed by atoms with van der Waals surface area (Å²) in [6.07, 6.45) is -0.968. The van der Waals surface area contributed by atoms with Crippen molar-refractivity contribution in [2.75, 3.05) is 31.9 Å². The first-order valence-electron chi connectivity index (χ1n) is 7.09. The third-order valence-corrected chi connectivity index (χ3v) is 4.59. The minimum Gasteiger partial charge on any atom is -0.333 e. The van der Waals surface area contributed by atoms with Crippen LogP contribution in [-0.2, 0) is 4.79 Å². The molecule has 1 aliphatic rings. The standard InChI is InChI=1S/C13H23F3N2OS/c1-2-3-8-18(10-13(14,15)16)12(19)9-20-11-4-6-17-7-5-11/h11,17H,2-10H2,1H3. The van der Waals surface area contributed by atoms with Gasteiger partial charge in [0.05, 0.1) is 5.75 Å². The van der Waals surface area contributed by atoms with Crippen molar-refractivity contribution in [2.45, 2.75) is 44.0 Å². The zero-order chi connectivity index (χ0) is 15.0. The second kappa shape index (κ2) is 8.77. The van der Waals surface area contributed by atoms with Crippen molar-refractivity contribution in [1.82, 2.24) is 10.2 Å². The van der Waals surface area contributed by atoms with E-state index in [1.165, 1.54) is 11.8 Å². The monoisotopic (exact) mass is 312 g/mol. The fraction of sp³-hybridized carbons (Fsp3) is 0.923. The van der Waals surface area contributed by atoms with Gasteiger partial charge in [-0.3, -0.25) is 4.79 Å². The van der Waals surface area contributed by atoms with Gasteiger partial charge in [-0.05, 0) is 32.4 Å². The maximum Gasteiger partial charge on any atom is 0.406 e. The van der Waals surface area contributed by atoms with Gasteiger partial charge in [0.15, 0.2) is 0 Å². The van der Waals surface area contributed by atoms with Gasteiger partial charge in [0.2, 0.25) is 5.91 Å². The Labute approximate surface area is 122 Å². The van der Waals surface area contributed by atoms with Gasteiger partial charge in [-0.25, -0.2) is 0 Å². The summed E-state index contributed by atoms with van der Waals surface area (Å²) in [4.78, 5) is 12.9. The van der Waals surface area contributed by atoms with Gasteiger partial charge in [0.25, 0.3) is 0 Å². The highest BCUT2D eigenvalue weighted by Gasteiger charge is 2.32. The summed E-state index contributed by atoms with van der Waals surface area (Å²) in [5.74, 6) is -0.232. The fourth-order valence-corrected chi connectivity index (χ4v) is 3.23. The van der Waals surface area contributed by atoms with E-state index in [4.69, 9.17) is 0 Å². The normalized spacial score (nSPS) is 17.2. The Balaban J connectivity index is 2.40. The van der Waals surface area contributed by atoms with Crippen LogP contribution in [0.3, 0.4) is 0 Å². The molecule has 0 aromatic heterocycles. The molecule has 1 fully saturated rings. The molecule has 20 heavy (non-hydrogen) atoms. The van der Waals surface area contributed by atoms with Gasteiger partial charge in [-0.2, -0.15) is 13.2 Å². The SMILES string of the molecule is CCCCN(CC(F)(F)F)C(=O)CSC1CCNCC1. The number of carbonyl (C=O) groups excluding carboxylic acids is 1.